The van der Waals surface area contributed by atoms with Crippen molar-refractivity contribution in [3.63, 3.8) is 0 Å². The van der Waals surface area contributed by atoms with E-state index in [2.05, 4.69) is 10.6 Å². The van der Waals surface area contributed by atoms with Crippen LogP contribution < -0.4 is 10.6 Å². The number of carbonyl (C=O) groups excluding carboxylic acids is 2. The summed E-state index contributed by atoms with van der Waals surface area (Å²) in [6.07, 6.45) is 0. The minimum atomic E-state index is -1.33. The number of phenols is 1. The summed E-state index contributed by atoms with van der Waals surface area (Å²) >= 11 is 31.2. The van der Waals surface area contributed by atoms with E-state index in [1.165, 1.54) is 24.3 Å². The molecule has 0 saturated heterocycles. The number of hydrogen-bond donors (Lipinski definition) is 3. The molecule has 176 valence electrons. The van der Waals surface area contributed by atoms with Gasteiger partial charge in [0, 0.05) is 27.3 Å². The second-order valence-corrected chi connectivity index (χ2v) is 10.7. The van der Waals surface area contributed by atoms with Crippen LogP contribution in [0.2, 0.25) is 15.1 Å². The van der Waals surface area contributed by atoms with Gasteiger partial charge in [-0.25, -0.2) is 0 Å². The molecule has 10 heteroatoms. The molecule has 3 aromatic rings. The van der Waals surface area contributed by atoms with Crippen LogP contribution in [0.15, 0.2) is 54.6 Å². The van der Waals surface area contributed by atoms with Gasteiger partial charge in [-0.05, 0) is 72.6 Å². The Bertz CT molecular complexity index is 1290. The molecule has 0 radical (unpaired) electrons. The maximum Gasteiger partial charge on any atom is 0.257 e. The molecule has 4 rings (SSSR count). The SMILES string of the molecule is Cc1cc(O)ccc1NC(=O)c1cc(NC(=O)C2C(c3cc(Cl)cc(Cl)c3)C2(Cl)Cl)ccc1Cl. The van der Waals surface area contributed by atoms with Gasteiger partial charge in [0.1, 0.15) is 10.1 Å². The number of hydrogen-bond acceptors (Lipinski definition) is 3. The second-order valence-electron chi connectivity index (χ2n) is 7.97. The number of aryl methyl sites for hydroxylation is 1. The van der Waals surface area contributed by atoms with Crippen LogP contribution in [-0.4, -0.2) is 21.3 Å². The van der Waals surface area contributed by atoms with E-state index in [1.54, 1.807) is 37.3 Å². The van der Waals surface area contributed by atoms with Crippen molar-refractivity contribution in [1.29, 1.82) is 0 Å². The number of anilines is 2. The molecule has 5 nitrogen and oxygen atoms in total. The highest BCUT2D eigenvalue weighted by Crippen LogP contribution is 2.65. The number of phenolic OH excluding ortho intramolecular Hbond substituents is 1. The quantitative estimate of drug-likeness (QED) is 0.225. The fraction of sp³-hybridized carbons (Fsp3) is 0.167. The van der Waals surface area contributed by atoms with E-state index >= 15 is 0 Å². The fourth-order valence-corrected chi connectivity index (χ4v) is 5.37. The zero-order valence-corrected chi connectivity index (χ0v) is 21.3. The van der Waals surface area contributed by atoms with Crippen LogP contribution >= 0.6 is 58.0 Å². The summed E-state index contributed by atoms with van der Waals surface area (Å²) in [4.78, 5) is 25.8. The van der Waals surface area contributed by atoms with Crippen molar-refractivity contribution in [1.82, 2.24) is 0 Å². The lowest BCUT2D eigenvalue weighted by Crippen LogP contribution is -2.18. The molecule has 0 aliphatic heterocycles. The normalized spacial score (nSPS) is 18.3. The van der Waals surface area contributed by atoms with E-state index in [-0.39, 0.29) is 16.3 Å². The van der Waals surface area contributed by atoms with E-state index < -0.39 is 28.0 Å². The van der Waals surface area contributed by atoms with Crippen LogP contribution in [0.25, 0.3) is 0 Å². The van der Waals surface area contributed by atoms with Crippen molar-refractivity contribution < 1.29 is 14.7 Å². The summed E-state index contributed by atoms with van der Waals surface area (Å²) in [6.45, 7) is 1.75. The Morgan fingerprint density at radius 3 is 2.24 bits per heavy atom. The number of halogens is 5. The summed E-state index contributed by atoms with van der Waals surface area (Å²) in [5.74, 6) is -2.06. The van der Waals surface area contributed by atoms with E-state index in [9.17, 15) is 14.7 Å². The van der Waals surface area contributed by atoms with Crippen molar-refractivity contribution in [3.05, 3.63) is 86.4 Å². The minimum absolute atomic E-state index is 0.0892. The predicted octanol–water partition coefficient (Wildman–Crippen LogP) is 7.44. The lowest BCUT2D eigenvalue weighted by atomic mass is 10.1. The third-order valence-electron chi connectivity index (χ3n) is 5.52. The molecule has 0 bridgehead atoms. The molecular formula is C24H17Cl5N2O3. The van der Waals surface area contributed by atoms with E-state index in [0.717, 1.165) is 0 Å². The molecule has 2 atom stereocenters. The van der Waals surface area contributed by atoms with Crippen LogP contribution in [-0.2, 0) is 4.79 Å². The lowest BCUT2D eigenvalue weighted by molar-refractivity contribution is -0.117. The second kappa shape index (κ2) is 9.48. The minimum Gasteiger partial charge on any atom is -0.508 e. The molecule has 2 amide bonds. The summed E-state index contributed by atoms with van der Waals surface area (Å²) < 4.78 is -1.33. The van der Waals surface area contributed by atoms with Gasteiger partial charge in [0.25, 0.3) is 5.91 Å². The van der Waals surface area contributed by atoms with E-state index in [1.807, 2.05) is 0 Å². The average molecular weight is 559 g/mol. The molecule has 1 aliphatic rings. The number of carbonyl (C=O) groups is 2. The third kappa shape index (κ3) is 5.09. The number of nitrogens with one attached hydrogen (secondary N) is 2. The molecule has 0 heterocycles. The summed E-state index contributed by atoms with van der Waals surface area (Å²) in [7, 11) is 0. The van der Waals surface area contributed by atoms with Crippen LogP contribution in [0.1, 0.15) is 27.4 Å². The molecule has 3 N–H and O–H groups in total. The maximum absolute atomic E-state index is 13.0. The largest absolute Gasteiger partial charge is 0.508 e. The van der Waals surface area contributed by atoms with Crippen molar-refractivity contribution in [2.45, 2.75) is 17.2 Å². The number of amides is 2. The molecule has 34 heavy (non-hydrogen) atoms. The first-order chi connectivity index (χ1) is 16.0. The zero-order chi connectivity index (χ0) is 24.8. The molecule has 1 saturated carbocycles. The number of benzene rings is 3. The van der Waals surface area contributed by atoms with Gasteiger partial charge in [-0.2, -0.15) is 0 Å². The third-order valence-corrected chi connectivity index (χ3v) is 7.22. The highest BCUT2D eigenvalue weighted by molar-refractivity contribution is 6.53. The van der Waals surface area contributed by atoms with Crippen LogP contribution in [0.3, 0.4) is 0 Å². The molecule has 0 spiro atoms. The highest BCUT2D eigenvalue weighted by atomic mass is 35.5. The van der Waals surface area contributed by atoms with Crippen molar-refractivity contribution in [2.75, 3.05) is 10.6 Å². The van der Waals surface area contributed by atoms with Gasteiger partial charge >= 0.3 is 0 Å². The van der Waals surface area contributed by atoms with Crippen molar-refractivity contribution in [3.8, 4) is 5.75 Å². The first kappa shape index (κ1) is 25.0. The number of alkyl halides is 2. The first-order valence-corrected chi connectivity index (χ1v) is 11.9. The number of rotatable bonds is 5. The average Bonchev–Trinajstić information content (AvgIpc) is 3.33. The van der Waals surface area contributed by atoms with E-state index in [0.29, 0.717) is 32.5 Å². The fourth-order valence-electron chi connectivity index (χ4n) is 3.80. The number of aromatic hydroxyl groups is 1. The van der Waals surface area contributed by atoms with Crippen molar-refractivity contribution in [2.24, 2.45) is 5.92 Å². The zero-order valence-electron chi connectivity index (χ0n) is 17.5. The standard InChI is InChI=1S/C24H17Cl5N2O3/c1-11-6-16(32)3-5-19(11)31-22(33)17-10-15(2-4-18(17)27)30-23(34)21-20(24(21,28)29)12-7-13(25)9-14(26)8-12/h2-10,20-21,32H,1H3,(H,30,34)(H,31,33). The summed E-state index contributed by atoms with van der Waals surface area (Å²) in [6, 6.07) is 14.0. The van der Waals surface area contributed by atoms with Gasteiger partial charge in [-0.3, -0.25) is 9.59 Å². The first-order valence-electron chi connectivity index (χ1n) is 10.0. The molecular weight excluding hydrogens is 542 g/mol. The van der Waals surface area contributed by atoms with Gasteiger partial charge in [0.15, 0.2) is 0 Å². The Hall–Kier alpha value is -2.15. The monoisotopic (exact) mass is 556 g/mol. The van der Waals surface area contributed by atoms with Gasteiger partial charge in [0.2, 0.25) is 5.91 Å². The Morgan fingerprint density at radius 1 is 0.912 bits per heavy atom. The molecule has 3 aromatic carbocycles. The topological polar surface area (TPSA) is 78.4 Å². The Labute approximate surface area is 220 Å². The van der Waals surface area contributed by atoms with Crippen LogP contribution in [0, 0.1) is 12.8 Å². The smallest absolute Gasteiger partial charge is 0.257 e. The highest BCUT2D eigenvalue weighted by Gasteiger charge is 2.67. The van der Waals surface area contributed by atoms with E-state index in [4.69, 9.17) is 58.0 Å². The maximum atomic E-state index is 13.0. The van der Waals surface area contributed by atoms with Gasteiger partial charge in [-0.15, -0.1) is 23.2 Å². The predicted molar refractivity (Wildman–Crippen MR) is 138 cm³/mol. The van der Waals surface area contributed by atoms with Gasteiger partial charge in [-0.1, -0.05) is 34.8 Å². The Balaban J connectivity index is 1.52. The Kier molecular flexibility index (Phi) is 6.96. The summed E-state index contributed by atoms with van der Waals surface area (Å²) in [5, 5.41) is 16.1. The van der Waals surface area contributed by atoms with Crippen LogP contribution in [0.5, 0.6) is 5.75 Å². The molecule has 1 aliphatic carbocycles. The van der Waals surface area contributed by atoms with Crippen molar-refractivity contribution >= 4 is 81.2 Å². The Morgan fingerprint density at radius 2 is 1.59 bits per heavy atom. The summed E-state index contributed by atoms with van der Waals surface area (Å²) in [5.41, 5.74) is 2.35. The molecule has 1 fully saturated rings. The lowest BCUT2D eigenvalue weighted by Gasteiger charge is -2.12. The van der Waals surface area contributed by atoms with Gasteiger partial charge < -0.3 is 15.7 Å². The van der Waals surface area contributed by atoms with Crippen LogP contribution in [0.4, 0.5) is 11.4 Å². The van der Waals surface area contributed by atoms with Gasteiger partial charge in [0.05, 0.1) is 16.5 Å². The molecule has 0 aromatic heterocycles. The molecule has 2 unspecified atom stereocenters.